The number of nitrogens with one attached hydrogen (secondary N) is 1. The van der Waals surface area contributed by atoms with Crippen molar-refractivity contribution in [3.63, 3.8) is 0 Å². The van der Waals surface area contributed by atoms with Crippen molar-refractivity contribution in [2.24, 2.45) is 11.8 Å². The minimum Gasteiger partial charge on any atom is -0.353 e. The van der Waals surface area contributed by atoms with E-state index in [1.165, 1.54) is 32.1 Å². The molecule has 0 aromatic rings. The third-order valence-corrected chi connectivity index (χ3v) is 4.77. The van der Waals surface area contributed by atoms with Gasteiger partial charge < -0.3 is 5.32 Å². The summed E-state index contributed by atoms with van der Waals surface area (Å²) in [4.78, 5) is 12.0. The molecule has 0 radical (unpaired) electrons. The summed E-state index contributed by atoms with van der Waals surface area (Å²) in [5.41, 5.74) is 0. The fraction of sp³-hybridized carbons (Fsp3) is 0.929. The van der Waals surface area contributed by atoms with E-state index in [1.54, 1.807) is 0 Å². The molecule has 1 amide bonds. The maximum absolute atomic E-state index is 12.0. The number of rotatable bonds is 6. The lowest BCUT2D eigenvalue weighted by molar-refractivity contribution is -0.126. The Hall–Kier alpha value is -0.0500. The van der Waals surface area contributed by atoms with Crippen LogP contribution >= 0.6 is 15.9 Å². The third kappa shape index (κ3) is 5.41. The van der Waals surface area contributed by atoms with Crippen LogP contribution in [0.25, 0.3) is 0 Å². The number of halogens is 1. The molecule has 1 unspecified atom stereocenters. The lowest BCUT2D eigenvalue weighted by Crippen LogP contribution is -2.39. The number of unbranched alkanes of at least 4 members (excludes halogenated alkanes) is 1. The predicted molar refractivity (Wildman–Crippen MR) is 76.4 cm³/mol. The molecule has 1 N–H and O–H groups in total. The van der Waals surface area contributed by atoms with Gasteiger partial charge in [0.25, 0.3) is 0 Å². The Bertz CT molecular complexity index is 224. The average Bonchev–Trinajstić information content (AvgIpc) is 2.36. The molecule has 2 nitrogen and oxygen atoms in total. The molecule has 1 aliphatic rings. The van der Waals surface area contributed by atoms with Crippen LogP contribution in [0.4, 0.5) is 0 Å². The summed E-state index contributed by atoms with van der Waals surface area (Å²) >= 11 is 3.39. The molecule has 0 saturated heterocycles. The van der Waals surface area contributed by atoms with Crippen molar-refractivity contribution in [3.05, 3.63) is 0 Å². The summed E-state index contributed by atoms with van der Waals surface area (Å²) in [5.74, 6) is 1.42. The molecule has 1 aliphatic carbocycles. The Morgan fingerprint density at radius 3 is 2.53 bits per heavy atom. The molecule has 1 rings (SSSR count). The van der Waals surface area contributed by atoms with Gasteiger partial charge in [0.1, 0.15) is 0 Å². The Balaban J connectivity index is 2.24. The second kappa shape index (κ2) is 8.12. The molecular formula is C14H26BrNO. The van der Waals surface area contributed by atoms with Gasteiger partial charge in [-0.25, -0.2) is 0 Å². The SMILES string of the molecule is CCCCC1CCC(C(=O)NC(C)CBr)CC1. The zero-order chi connectivity index (χ0) is 12.7. The standard InChI is InChI=1S/C14H26BrNO/c1-3-4-5-12-6-8-13(9-7-12)14(17)16-11(2)10-15/h11-13H,3-10H2,1-2H3,(H,16,17). The molecule has 0 aromatic carbocycles. The molecule has 0 heterocycles. The highest BCUT2D eigenvalue weighted by atomic mass is 79.9. The smallest absolute Gasteiger partial charge is 0.223 e. The second-order valence-electron chi connectivity index (χ2n) is 5.42. The first-order valence-electron chi connectivity index (χ1n) is 7.03. The van der Waals surface area contributed by atoms with E-state index in [1.807, 2.05) is 6.92 Å². The van der Waals surface area contributed by atoms with E-state index in [9.17, 15) is 4.79 Å². The number of hydrogen-bond acceptors (Lipinski definition) is 1. The number of amides is 1. The van der Waals surface area contributed by atoms with Gasteiger partial charge in [0.05, 0.1) is 0 Å². The monoisotopic (exact) mass is 303 g/mol. The molecule has 0 bridgehead atoms. The third-order valence-electron chi connectivity index (χ3n) is 3.80. The lowest BCUT2D eigenvalue weighted by Gasteiger charge is -2.28. The molecule has 1 saturated carbocycles. The minimum atomic E-state index is 0.250. The maximum atomic E-state index is 12.0. The van der Waals surface area contributed by atoms with Crippen molar-refractivity contribution in [1.82, 2.24) is 5.32 Å². The van der Waals surface area contributed by atoms with Gasteiger partial charge in [-0.3, -0.25) is 4.79 Å². The summed E-state index contributed by atoms with van der Waals surface area (Å²) in [6.07, 6.45) is 8.69. The molecule has 100 valence electrons. The molecule has 0 aliphatic heterocycles. The Kier molecular flexibility index (Phi) is 7.17. The topological polar surface area (TPSA) is 29.1 Å². The zero-order valence-electron chi connectivity index (χ0n) is 11.2. The number of carbonyl (C=O) groups excluding carboxylic acids is 1. The summed E-state index contributed by atoms with van der Waals surface area (Å²) in [5, 5.41) is 3.91. The van der Waals surface area contributed by atoms with Gasteiger partial charge in [0.2, 0.25) is 5.91 Å². The Labute approximate surface area is 114 Å². The van der Waals surface area contributed by atoms with E-state index in [0.29, 0.717) is 0 Å². The number of alkyl halides is 1. The van der Waals surface area contributed by atoms with Gasteiger partial charge in [-0.05, 0) is 38.5 Å². The number of carbonyl (C=O) groups is 1. The van der Waals surface area contributed by atoms with Gasteiger partial charge >= 0.3 is 0 Å². The Morgan fingerprint density at radius 2 is 2.00 bits per heavy atom. The fourth-order valence-corrected chi connectivity index (χ4v) is 2.77. The van der Waals surface area contributed by atoms with Crippen LogP contribution in [-0.2, 0) is 4.79 Å². The van der Waals surface area contributed by atoms with Gasteiger partial charge in [-0.1, -0.05) is 42.1 Å². The van der Waals surface area contributed by atoms with Crippen LogP contribution < -0.4 is 5.32 Å². The van der Waals surface area contributed by atoms with E-state index >= 15 is 0 Å². The van der Waals surface area contributed by atoms with E-state index in [4.69, 9.17) is 0 Å². The van der Waals surface area contributed by atoms with E-state index in [2.05, 4.69) is 28.2 Å². The molecule has 17 heavy (non-hydrogen) atoms. The molecule has 1 atom stereocenters. The first-order valence-corrected chi connectivity index (χ1v) is 8.15. The van der Waals surface area contributed by atoms with Crippen LogP contribution in [0, 0.1) is 11.8 Å². The van der Waals surface area contributed by atoms with Gasteiger partial charge in [-0.2, -0.15) is 0 Å². The highest BCUT2D eigenvalue weighted by molar-refractivity contribution is 9.09. The van der Waals surface area contributed by atoms with Crippen LogP contribution in [-0.4, -0.2) is 17.3 Å². The Morgan fingerprint density at radius 1 is 1.35 bits per heavy atom. The number of hydrogen-bond donors (Lipinski definition) is 1. The van der Waals surface area contributed by atoms with Crippen molar-refractivity contribution in [1.29, 1.82) is 0 Å². The predicted octanol–water partition coefficient (Wildman–Crippen LogP) is 3.88. The molecule has 1 fully saturated rings. The lowest BCUT2D eigenvalue weighted by atomic mass is 9.79. The second-order valence-corrected chi connectivity index (χ2v) is 6.07. The highest BCUT2D eigenvalue weighted by Gasteiger charge is 2.26. The maximum Gasteiger partial charge on any atom is 0.223 e. The van der Waals surface area contributed by atoms with Crippen LogP contribution in [0.2, 0.25) is 0 Å². The van der Waals surface area contributed by atoms with Crippen molar-refractivity contribution < 1.29 is 4.79 Å². The van der Waals surface area contributed by atoms with Gasteiger partial charge in [-0.15, -0.1) is 0 Å². The minimum absolute atomic E-state index is 0.250. The van der Waals surface area contributed by atoms with Crippen molar-refractivity contribution in [2.75, 3.05) is 5.33 Å². The molecule has 0 aromatic heterocycles. The summed E-state index contributed by atoms with van der Waals surface area (Å²) in [6, 6.07) is 0.250. The summed E-state index contributed by atoms with van der Waals surface area (Å²) < 4.78 is 0. The van der Waals surface area contributed by atoms with Crippen LogP contribution in [0.15, 0.2) is 0 Å². The van der Waals surface area contributed by atoms with Crippen molar-refractivity contribution in [2.45, 2.75) is 64.8 Å². The molecule has 0 spiro atoms. The van der Waals surface area contributed by atoms with Gasteiger partial charge in [0, 0.05) is 17.3 Å². The van der Waals surface area contributed by atoms with E-state index in [0.717, 1.165) is 24.1 Å². The van der Waals surface area contributed by atoms with E-state index < -0.39 is 0 Å². The van der Waals surface area contributed by atoms with Gasteiger partial charge in [0.15, 0.2) is 0 Å². The molecule has 3 heteroatoms. The first kappa shape index (κ1) is 15.0. The zero-order valence-corrected chi connectivity index (χ0v) is 12.8. The first-order chi connectivity index (χ1) is 8.17. The summed E-state index contributed by atoms with van der Waals surface area (Å²) in [7, 11) is 0. The van der Waals surface area contributed by atoms with Crippen molar-refractivity contribution in [3.8, 4) is 0 Å². The van der Waals surface area contributed by atoms with Crippen molar-refractivity contribution >= 4 is 21.8 Å². The normalized spacial score (nSPS) is 26.5. The highest BCUT2D eigenvalue weighted by Crippen LogP contribution is 2.31. The van der Waals surface area contributed by atoms with E-state index in [-0.39, 0.29) is 17.9 Å². The largest absolute Gasteiger partial charge is 0.353 e. The quantitative estimate of drug-likeness (QED) is 0.741. The average molecular weight is 304 g/mol. The van der Waals surface area contributed by atoms with Crippen LogP contribution in [0.1, 0.15) is 58.8 Å². The van der Waals surface area contributed by atoms with Crippen LogP contribution in [0.3, 0.4) is 0 Å². The fourth-order valence-electron chi connectivity index (χ4n) is 2.61. The molecular weight excluding hydrogens is 278 g/mol. The summed E-state index contributed by atoms with van der Waals surface area (Å²) in [6.45, 7) is 4.29. The van der Waals surface area contributed by atoms with Crippen LogP contribution in [0.5, 0.6) is 0 Å².